The summed E-state index contributed by atoms with van der Waals surface area (Å²) >= 11 is 3.30. The largest absolute Gasteiger partial charge is 0.264 e. The Labute approximate surface area is 142 Å². The minimum atomic E-state index is 0.900. The molecule has 0 atom stereocenters. The molecule has 0 bridgehead atoms. The van der Waals surface area contributed by atoms with Gasteiger partial charge in [-0.2, -0.15) is 0 Å². The molecule has 0 aliphatic heterocycles. The highest BCUT2D eigenvalue weighted by molar-refractivity contribution is 8.01. The molecule has 0 N–H and O–H groups in total. The number of aromatic nitrogens is 4. The molecule has 0 amide bonds. The van der Waals surface area contributed by atoms with Crippen molar-refractivity contribution in [2.75, 3.05) is 0 Å². The first-order valence-corrected chi connectivity index (χ1v) is 8.84. The van der Waals surface area contributed by atoms with Gasteiger partial charge in [0, 0.05) is 22.9 Å². The van der Waals surface area contributed by atoms with Crippen LogP contribution in [0.4, 0.5) is 0 Å². The van der Waals surface area contributed by atoms with E-state index in [1.165, 1.54) is 16.0 Å². The van der Waals surface area contributed by atoms with Crippen LogP contribution in [0.2, 0.25) is 0 Å². The van der Waals surface area contributed by atoms with E-state index in [1.807, 2.05) is 29.0 Å². The molecule has 6 heteroatoms. The van der Waals surface area contributed by atoms with Crippen LogP contribution in [0.25, 0.3) is 16.2 Å². The highest BCUT2D eigenvalue weighted by Crippen LogP contribution is 2.34. The first-order valence-electron chi connectivity index (χ1n) is 7.21. The van der Waals surface area contributed by atoms with Crippen LogP contribution in [0.3, 0.4) is 0 Å². The van der Waals surface area contributed by atoms with E-state index in [1.54, 1.807) is 29.3 Å². The number of benzene rings is 1. The van der Waals surface area contributed by atoms with Gasteiger partial charge in [-0.25, -0.2) is 9.50 Å². The molecular weight excluding hydrogens is 324 g/mol. The first kappa shape index (κ1) is 14.4. The summed E-state index contributed by atoms with van der Waals surface area (Å²) in [5.41, 5.74) is 4.44. The second kappa shape index (κ2) is 5.79. The van der Waals surface area contributed by atoms with Gasteiger partial charge in [0.15, 0.2) is 4.34 Å². The number of pyridine rings is 1. The Kier molecular flexibility index (Phi) is 3.63. The third-order valence-electron chi connectivity index (χ3n) is 3.52. The molecule has 0 radical (unpaired) electrons. The Morgan fingerprint density at radius 1 is 1.17 bits per heavy atom. The lowest BCUT2D eigenvalue weighted by atomic mass is 10.2. The van der Waals surface area contributed by atoms with Gasteiger partial charge in [0.25, 0.3) is 0 Å². The standard InChI is InChI=1S/C17H14N4S2/c1-11-5-6-12(2)15(8-11)22-17-20-21-10-14(19-16(21)23-17)13-4-3-7-18-9-13/h3-10H,1-2H3. The van der Waals surface area contributed by atoms with Gasteiger partial charge in [0.1, 0.15) is 0 Å². The van der Waals surface area contributed by atoms with Crippen molar-refractivity contribution in [2.24, 2.45) is 0 Å². The predicted molar refractivity (Wildman–Crippen MR) is 94.1 cm³/mol. The summed E-state index contributed by atoms with van der Waals surface area (Å²) in [5, 5.41) is 4.64. The van der Waals surface area contributed by atoms with Gasteiger partial charge < -0.3 is 0 Å². The molecule has 0 unspecified atom stereocenters. The van der Waals surface area contributed by atoms with E-state index in [9.17, 15) is 0 Å². The lowest BCUT2D eigenvalue weighted by Gasteiger charge is -2.03. The smallest absolute Gasteiger partial charge is 0.213 e. The van der Waals surface area contributed by atoms with Crippen molar-refractivity contribution in [3.05, 3.63) is 60.0 Å². The summed E-state index contributed by atoms with van der Waals surface area (Å²) < 4.78 is 2.85. The fourth-order valence-electron chi connectivity index (χ4n) is 2.29. The molecule has 0 fully saturated rings. The van der Waals surface area contributed by atoms with E-state index >= 15 is 0 Å². The quantitative estimate of drug-likeness (QED) is 0.547. The van der Waals surface area contributed by atoms with Crippen LogP contribution in [0.5, 0.6) is 0 Å². The number of fused-ring (bicyclic) bond motifs is 1. The topological polar surface area (TPSA) is 43.1 Å². The molecule has 4 nitrogen and oxygen atoms in total. The molecule has 23 heavy (non-hydrogen) atoms. The van der Waals surface area contributed by atoms with E-state index in [4.69, 9.17) is 0 Å². The van der Waals surface area contributed by atoms with E-state index in [-0.39, 0.29) is 0 Å². The van der Waals surface area contributed by atoms with Crippen LogP contribution in [-0.4, -0.2) is 19.6 Å². The van der Waals surface area contributed by atoms with E-state index in [2.05, 4.69) is 47.1 Å². The van der Waals surface area contributed by atoms with Gasteiger partial charge in [0.05, 0.1) is 11.9 Å². The Balaban J connectivity index is 1.65. The molecule has 114 valence electrons. The summed E-state index contributed by atoms with van der Waals surface area (Å²) in [4.78, 5) is 10.9. The van der Waals surface area contributed by atoms with Crippen molar-refractivity contribution >= 4 is 28.1 Å². The van der Waals surface area contributed by atoms with Gasteiger partial charge >= 0.3 is 0 Å². The lowest BCUT2D eigenvalue weighted by molar-refractivity contribution is 0.915. The molecule has 0 spiro atoms. The van der Waals surface area contributed by atoms with Crippen molar-refractivity contribution in [3.8, 4) is 11.3 Å². The zero-order chi connectivity index (χ0) is 15.8. The number of hydrogen-bond donors (Lipinski definition) is 0. The first-order chi connectivity index (χ1) is 11.2. The molecule has 0 aliphatic carbocycles. The fourth-order valence-corrected chi connectivity index (χ4v) is 4.35. The van der Waals surface area contributed by atoms with Crippen LogP contribution in [0.15, 0.2) is 58.2 Å². The summed E-state index contributed by atoms with van der Waals surface area (Å²) in [6.45, 7) is 4.24. The molecule has 4 aromatic rings. The van der Waals surface area contributed by atoms with Gasteiger partial charge in [0.2, 0.25) is 4.96 Å². The lowest BCUT2D eigenvalue weighted by Crippen LogP contribution is -1.84. The summed E-state index contributed by atoms with van der Waals surface area (Å²) in [7, 11) is 0. The summed E-state index contributed by atoms with van der Waals surface area (Å²) in [6, 6.07) is 10.4. The maximum atomic E-state index is 4.65. The highest BCUT2D eigenvalue weighted by Gasteiger charge is 2.11. The van der Waals surface area contributed by atoms with E-state index in [0.29, 0.717) is 0 Å². The van der Waals surface area contributed by atoms with Gasteiger partial charge in [-0.3, -0.25) is 4.98 Å². The Hall–Kier alpha value is -2.18. The molecule has 4 rings (SSSR count). The van der Waals surface area contributed by atoms with E-state index < -0.39 is 0 Å². The minimum Gasteiger partial charge on any atom is -0.264 e. The van der Waals surface area contributed by atoms with Crippen molar-refractivity contribution in [2.45, 2.75) is 23.1 Å². The molecule has 0 saturated carbocycles. The Morgan fingerprint density at radius 3 is 2.87 bits per heavy atom. The zero-order valence-corrected chi connectivity index (χ0v) is 14.4. The third-order valence-corrected chi connectivity index (χ3v) is 5.66. The monoisotopic (exact) mass is 338 g/mol. The third kappa shape index (κ3) is 2.87. The molecule has 3 aromatic heterocycles. The highest BCUT2D eigenvalue weighted by atomic mass is 32.2. The number of nitrogens with zero attached hydrogens (tertiary/aromatic N) is 4. The number of hydrogen-bond acceptors (Lipinski definition) is 5. The maximum Gasteiger partial charge on any atom is 0.213 e. The number of aryl methyl sites for hydroxylation is 2. The van der Waals surface area contributed by atoms with Crippen LogP contribution < -0.4 is 0 Å². The van der Waals surface area contributed by atoms with Crippen LogP contribution in [0.1, 0.15) is 11.1 Å². The summed E-state index contributed by atoms with van der Waals surface area (Å²) in [6.07, 6.45) is 5.54. The Morgan fingerprint density at radius 2 is 2.09 bits per heavy atom. The van der Waals surface area contributed by atoms with Crippen molar-refractivity contribution in [1.82, 2.24) is 19.6 Å². The van der Waals surface area contributed by atoms with E-state index in [0.717, 1.165) is 20.6 Å². The Bertz CT molecular complexity index is 941. The van der Waals surface area contributed by atoms with Crippen LogP contribution in [-0.2, 0) is 0 Å². The molecule has 1 aromatic carbocycles. The summed E-state index contributed by atoms with van der Waals surface area (Å²) in [5.74, 6) is 0. The average Bonchev–Trinajstić information content (AvgIpc) is 3.10. The van der Waals surface area contributed by atoms with Gasteiger partial charge in [-0.05, 0) is 43.2 Å². The number of imidazole rings is 1. The second-order valence-corrected chi connectivity index (χ2v) is 7.58. The predicted octanol–water partition coefficient (Wildman–Crippen LogP) is 4.62. The van der Waals surface area contributed by atoms with Crippen molar-refractivity contribution in [3.63, 3.8) is 0 Å². The minimum absolute atomic E-state index is 0.900. The second-order valence-electron chi connectivity index (χ2n) is 5.33. The zero-order valence-electron chi connectivity index (χ0n) is 12.7. The SMILES string of the molecule is Cc1ccc(C)c(Sc2nn3cc(-c4cccnc4)nc3s2)c1. The number of rotatable bonds is 3. The molecule has 3 heterocycles. The molecule has 0 saturated heterocycles. The fraction of sp³-hybridized carbons (Fsp3) is 0.118. The van der Waals surface area contributed by atoms with Gasteiger partial charge in [-0.1, -0.05) is 35.2 Å². The average molecular weight is 338 g/mol. The van der Waals surface area contributed by atoms with Gasteiger partial charge in [-0.15, -0.1) is 5.10 Å². The van der Waals surface area contributed by atoms with Crippen molar-refractivity contribution < 1.29 is 0 Å². The maximum absolute atomic E-state index is 4.65. The van der Waals surface area contributed by atoms with Crippen molar-refractivity contribution in [1.29, 1.82) is 0 Å². The molecule has 0 aliphatic rings. The molecular formula is C17H14N4S2. The van der Waals surface area contributed by atoms with Crippen LogP contribution >= 0.6 is 23.1 Å². The van der Waals surface area contributed by atoms with Crippen LogP contribution in [0, 0.1) is 13.8 Å². The normalized spacial score (nSPS) is 11.2.